The predicted octanol–water partition coefficient (Wildman–Crippen LogP) is 1.86. The molecule has 0 saturated heterocycles. The third kappa shape index (κ3) is 2.25. The molecule has 2 heteroatoms. The Hall–Kier alpha value is -0.110. The van der Waals surface area contributed by atoms with Crippen LogP contribution in [0.2, 0.25) is 0 Å². The minimum absolute atomic E-state index is 0.169. The molecule has 0 aliphatic heterocycles. The van der Waals surface area contributed by atoms with Crippen LogP contribution in [0.25, 0.3) is 0 Å². The van der Waals surface area contributed by atoms with E-state index in [1.54, 1.807) is 0 Å². The lowest BCUT2D eigenvalue weighted by Crippen LogP contribution is -2.27. The number of rotatable bonds is 2. The van der Waals surface area contributed by atoms with Crippen molar-refractivity contribution in [1.29, 1.82) is 0 Å². The monoisotopic (exact) mass is 145 g/mol. The molecule has 1 aliphatic carbocycles. The Morgan fingerprint density at radius 2 is 2.20 bits per heavy atom. The van der Waals surface area contributed by atoms with Gasteiger partial charge < -0.3 is 5.73 Å². The highest BCUT2D eigenvalue weighted by molar-refractivity contribution is 4.74. The van der Waals surface area contributed by atoms with Crippen molar-refractivity contribution in [3.63, 3.8) is 0 Å². The Kier molecular flexibility index (Phi) is 3.13. The smallest absolute Gasteiger partial charge is 0.0897 e. The molecule has 1 aliphatic rings. The molecule has 0 amide bonds. The van der Waals surface area contributed by atoms with Crippen LogP contribution in [0, 0.1) is 5.92 Å². The van der Waals surface area contributed by atoms with Crippen LogP contribution in [0.5, 0.6) is 0 Å². The number of nitrogens with two attached hydrogens (primary N) is 1. The highest BCUT2D eigenvalue weighted by atomic mass is 19.1. The Morgan fingerprint density at radius 1 is 1.40 bits per heavy atom. The van der Waals surface area contributed by atoms with Gasteiger partial charge in [-0.25, -0.2) is 0 Å². The van der Waals surface area contributed by atoms with Gasteiger partial charge in [0.15, 0.2) is 0 Å². The average Bonchev–Trinajstić information content (AvgIpc) is 1.88. The van der Waals surface area contributed by atoms with Crippen molar-refractivity contribution in [3.05, 3.63) is 0 Å². The van der Waals surface area contributed by atoms with E-state index in [1.165, 1.54) is 12.8 Å². The van der Waals surface area contributed by atoms with Crippen LogP contribution in [-0.2, 0) is 0 Å². The first-order valence-electron chi connectivity index (χ1n) is 4.14. The molecule has 0 aromatic heterocycles. The molecule has 2 N–H and O–H groups in total. The SMILES string of the molecule is NC1CCCC(CCF)C1. The van der Waals surface area contributed by atoms with E-state index in [-0.39, 0.29) is 6.67 Å². The summed E-state index contributed by atoms with van der Waals surface area (Å²) in [7, 11) is 0. The summed E-state index contributed by atoms with van der Waals surface area (Å²) < 4.78 is 11.9. The fourth-order valence-corrected chi connectivity index (χ4v) is 1.75. The molecule has 0 aromatic carbocycles. The molecule has 1 saturated carbocycles. The Bertz CT molecular complexity index is 93.3. The van der Waals surface area contributed by atoms with Crippen LogP contribution in [0.3, 0.4) is 0 Å². The molecule has 1 rings (SSSR count). The molecule has 10 heavy (non-hydrogen) atoms. The summed E-state index contributed by atoms with van der Waals surface area (Å²) in [4.78, 5) is 0. The predicted molar refractivity (Wildman–Crippen MR) is 40.5 cm³/mol. The van der Waals surface area contributed by atoms with Crippen molar-refractivity contribution in [2.75, 3.05) is 6.67 Å². The van der Waals surface area contributed by atoms with Gasteiger partial charge in [0.1, 0.15) is 0 Å². The minimum atomic E-state index is -0.169. The molecule has 0 radical (unpaired) electrons. The first kappa shape index (κ1) is 7.99. The van der Waals surface area contributed by atoms with Crippen molar-refractivity contribution in [2.24, 2.45) is 11.7 Å². The molecule has 0 heterocycles. The number of alkyl halides is 1. The lowest BCUT2D eigenvalue weighted by Gasteiger charge is -2.25. The van der Waals surface area contributed by atoms with Gasteiger partial charge in [-0.3, -0.25) is 4.39 Å². The van der Waals surface area contributed by atoms with Crippen LogP contribution < -0.4 is 5.73 Å². The first-order valence-corrected chi connectivity index (χ1v) is 4.14. The van der Waals surface area contributed by atoms with Gasteiger partial charge in [-0.2, -0.15) is 0 Å². The largest absolute Gasteiger partial charge is 0.328 e. The molecule has 0 bridgehead atoms. The number of hydrogen-bond donors (Lipinski definition) is 1. The van der Waals surface area contributed by atoms with Gasteiger partial charge in [0.05, 0.1) is 6.67 Å². The summed E-state index contributed by atoms with van der Waals surface area (Å²) in [6.07, 6.45) is 5.31. The number of hydrogen-bond acceptors (Lipinski definition) is 1. The third-order valence-electron chi connectivity index (χ3n) is 2.34. The van der Waals surface area contributed by atoms with Gasteiger partial charge in [0, 0.05) is 6.04 Å². The van der Waals surface area contributed by atoms with Gasteiger partial charge in [0.2, 0.25) is 0 Å². The molecule has 2 unspecified atom stereocenters. The quantitative estimate of drug-likeness (QED) is 0.630. The second kappa shape index (κ2) is 3.91. The van der Waals surface area contributed by atoms with E-state index in [0.29, 0.717) is 12.0 Å². The van der Waals surface area contributed by atoms with Gasteiger partial charge in [0.25, 0.3) is 0 Å². The van der Waals surface area contributed by atoms with Crippen molar-refractivity contribution in [2.45, 2.75) is 38.1 Å². The molecular formula is C8H16FN. The van der Waals surface area contributed by atoms with Gasteiger partial charge >= 0.3 is 0 Å². The molecule has 0 aromatic rings. The normalized spacial score (nSPS) is 34.2. The van der Waals surface area contributed by atoms with Crippen molar-refractivity contribution in [3.8, 4) is 0 Å². The number of halogens is 1. The Morgan fingerprint density at radius 3 is 2.80 bits per heavy atom. The fraction of sp³-hybridized carbons (Fsp3) is 1.00. The van der Waals surface area contributed by atoms with Gasteiger partial charge in [-0.05, 0) is 25.2 Å². The summed E-state index contributed by atoms with van der Waals surface area (Å²) in [6, 6.07) is 0.352. The van der Waals surface area contributed by atoms with E-state index < -0.39 is 0 Å². The first-order chi connectivity index (χ1) is 4.83. The summed E-state index contributed by atoms with van der Waals surface area (Å²) in [5, 5.41) is 0. The molecule has 1 nitrogen and oxygen atoms in total. The lowest BCUT2D eigenvalue weighted by molar-refractivity contribution is 0.280. The van der Waals surface area contributed by atoms with E-state index in [1.807, 2.05) is 0 Å². The molecule has 1 fully saturated rings. The highest BCUT2D eigenvalue weighted by Gasteiger charge is 2.18. The molecule has 60 valence electrons. The summed E-state index contributed by atoms with van der Waals surface area (Å²) in [6.45, 7) is -0.169. The molecule has 2 atom stereocenters. The Labute approximate surface area is 61.8 Å². The third-order valence-corrected chi connectivity index (χ3v) is 2.34. The van der Waals surface area contributed by atoms with Gasteiger partial charge in [-0.15, -0.1) is 0 Å². The molecule has 0 spiro atoms. The van der Waals surface area contributed by atoms with Crippen LogP contribution in [0.1, 0.15) is 32.1 Å². The maximum atomic E-state index is 11.9. The van der Waals surface area contributed by atoms with Crippen molar-refractivity contribution >= 4 is 0 Å². The lowest BCUT2D eigenvalue weighted by atomic mass is 9.84. The maximum absolute atomic E-state index is 11.9. The van der Waals surface area contributed by atoms with E-state index in [4.69, 9.17) is 5.73 Å². The average molecular weight is 145 g/mol. The fourth-order valence-electron chi connectivity index (χ4n) is 1.75. The zero-order valence-electron chi connectivity index (χ0n) is 6.35. The highest BCUT2D eigenvalue weighted by Crippen LogP contribution is 2.25. The van der Waals surface area contributed by atoms with Gasteiger partial charge in [-0.1, -0.05) is 12.8 Å². The van der Waals surface area contributed by atoms with E-state index >= 15 is 0 Å². The van der Waals surface area contributed by atoms with Crippen molar-refractivity contribution < 1.29 is 4.39 Å². The zero-order chi connectivity index (χ0) is 7.40. The standard InChI is InChI=1S/C8H16FN/c9-5-4-7-2-1-3-8(10)6-7/h7-8H,1-6,10H2. The molecular weight excluding hydrogens is 129 g/mol. The van der Waals surface area contributed by atoms with Crippen LogP contribution in [-0.4, -0.2) is 12.7 Å². The van der Waals surface area contributed by atoms with Crippen molar-refractivity contribution in [1.82, 2.24) is 0 Å². The summed E-state index contributed by atoms with van der Waals surface area (Å²) in [5.74, 6) is 0.578. The minimum Gasteiger partial charge on any atom is -0.328 e. The summed E-state index contributed by atoms with van der Waals surface area (Å²) in [5.41, 5.74) is 5.73. The second-order valence-electron chi connectivity index (χ2n) is 3.27. The summed E-state index contributed by atoms with van der Waals surface area (Å²) >= 11 is 0. The maximum Gasteiger partial charge on any atom is 0.0897 e. The van der Waals surface area contributed by atoms with Crippen LogP contribution in [0.4, 0.5) is 4.39 Å². The topological polar surface area (TPSA) is 26.0 Å². The van der Waals surface area contributed by atoms with E-state index in [2.05, 4.69) is 0 Å². The second-order valence-corrected chi connectivity index (χ2v) is 3.27. The van der Waals surface area contributed by atoms with Crippen LogP contribution >= 0.6 is 0 Å². The van der Waals surface area contributed by atoms with E-state index in [0.717, 1.165) is 19.3 Å². The Balaban J connectivity index is 2.18. The van der Waals surface area contributed by atoms with Crippen LogP contribution in [0.15, 0.2) is 0 Å². The zero-order valence-corrected chi connectivity index (χ0v) is 6.35. The van der Waals surface area contributed by atoms with E-state index in [9.17, 15) is 4.39 Å².